The van der Waals surface area contributed by atoms with E-state index >= 15 is 0 Å². The molecule has 0 saturated heterocycles. The summed E-state index contributed by atoms with van der Waals surface area (Å²) in [6.45, 7) is 0.481. The molecule has 0 saturated carbocycles. The first-order chi connectivity index (χ1) is 6.70. The molecule has 1 heterocycles. The molecule has 0 unspecified atom stereocenters. The van der Waals surface area contributed by atoms with Gasteiger partial charge in [-0.1, -0.05) is 0 Å². The molecule has 0 bridgehead atoms. The first-order valence-corrected chi connectivity index (χ1v) is 4.22. The first-order valence-electron chi connectivity index (χ1n) is 4.22. The normalized spacial score (nSPS) is 17.9. The summed E-state index contributed by atoms with van der Waals surface area (Å²) >= 11 is 0. The van der Waals surface area contributed by atoms with Gasteiger partial charge in [-0.05, 0) is 12.1 Å². The lowest BCUT2D eigenvalue weighted by atomic mass is 10.2. The van der Waals surface area contributed by atoms with Gasteiger partial charge in [0, 0.05) is 13.1 Å². The number of hydrogen-bond acceptors (Lipinski definition) is 3. The molecular formula is C10H10FNO2. The largest absolute Gasteiger partial charge is 0.512 e. The summed E-state index contributed by atoms with van der Waals surface area (Å²) in [5.74, 6) is 0.487. The number of halogens is 1. The highest BCUT2D eigenvalue weighted by Gasteiger charge is 2.19. The van der Waals surface area contributed by atoms with Gasteiger partial charge in [-0.15, -0.1) is 0 Å². The van der Waals surface area contributed by atoms with Gasteiger partial charge in [0.2, 0.25) is 0 Å². The third-order valence-corrected chi connectivity index (χ3v) is 2.11. The van der Waals surface area contributed by atoms with Crippen LogP contribution in [0.5, 0.6) is 5.75 Å². The van der Waals surface area contributed by atoms with Crippen LogP contribution in [-0.4, -0.2) is 18.7 Å². The first kappa shape index (κ1) is 8.87. The van der Waals surface area contributed by atoms with Crippen LogP contribution >= 0.6 is 0 Å². The summed E-state index contributed by atoms with van der Waals surface area (Å²) in [6, 6.07) is 4.33. The Balaban J connectivity index is 2.45. The van der Waals surface area contributed by atoms with E-state index in [0.717, 1.165) is 11.9 Å². The lowest BCUT2D eigenvalue weighted by molar-refractivity contribution is 0.354. The van der Waals surface area contributed by atoms with E-state index in [1.165, 1.54) is 12.1 Å². The van der Waals surface area contributed by atoms with E-state index in [1.807, 2.05) is 11.9 Å². The molecule has 0 fully saturated rings. The predicted molar refractivity (Wildman–Crippen MR) is 51.0 cm³/mol. The van der Waals surface area contributed by atoms with Crippen molar-refractivity contribution < 1.29 is 14.2 Å². The van der Waals surface area contributed by atoms with Gasteiger partial charge in [-0.25, -0.2) is 4.39 Å². The molecule has 0 spiro atoms. The third-order valence-electron chi connectivity index (χ3n) is 2.11. The van der Waals surface area contributed by atoms with Crippen LogP contribution in [-0.2, 0) is 0 Å². The number of benzene rings is 1. The number of likely N-dealkylation sites (N-methyl/N-ethyl adjacent to an activating group) is 1. The van der Waals surface area contributed by atoms with Gasteiger partial charge in [0.15, 0.2) is 11.5 Å². The zero-order valence-corrected chi connectivity index (χ0v) is 7.70. The minimum absolute atomic E-state index is 0.351. The van der Waals surface area contributed by atoms with E-state index in [1.54, 1.807) is 6.07 Å². The van der Waals surface area contributed by atoms with Crippen molar-refractivity contribution in [3.05, 3.63) is 36.0 Å². The zero-order valence-electron chi connectivity index (χ0n) is 7.70. The Morgan fingerprint density at radius 1 is 1.57 bits per heavy atom. The van der Waals surface area contributed by atoms with Crippen LogP contribution < -0.4 is 9.64 Å². The Labute approximate surface area is 81.0 Å². The number of aliphatic hydroxyl groups excluding tert-OH is 1. The van der Waals surface area contributed by atoms with E-state index < -0.39 is 0 Å². The lowest BCUT2D eigenvalue weighted by Crippen LogP contribution is -2.27. The molecular weight excluding hydrogens is 185 g/mol. The molecule has 0 amide bonds. The summed E-state index contributed by atoms with van der Waals surface area (Å²) in [4.78, 5) is 1.88. The fourth-order valence-electron chi connectivity index (χ4n) is 1.44. The number of hydrogen-bond donors (Lipinski definition) is 1. The SMILES string of the molecule is CN1C/C(=C\O)Oc2cc(F)ccc21. The molecule has 0 aromatic heterocycles. The minimum Gasteiger partial charge on any atom is -0.512 e. The monoisotopic (exact) mass is 195 g/mol. The molecule has 1 aromatic rings. The molecule has 1 aliphatic heterocycles. The molecule has 0 aliphatic carbocycles. The van der Waals surface area contributed by atoms with E-state index in [2.05, 4.69) is 0 Å². The Bertz CT molecular complexity index is 390. The van der Waals surface area contributed by atoms with Crippen molar-refractivity contribution in [3.63, 3.8) is 0 Å². The highest BCUT2D eigenvalue weighted by atomic mass is 19.1. The molecule has 74 valence electrons. The Morgan fingerprint density at radius 2 is 2.36 bits per heavy atom. The molecule has 3 nitrogen and oxygen atoms in total. The van der Waals surface area contributed by atoms with Crippen molar-refractivity contribution in [2.24, 2.45) is 0 Å². The number of fused-ring (bicyclic) bond motifs is 1. The summed E-state index contributed by atoms with van der Waals surface area (Å²) in [5.41, 5.74) is 0.817. The topological polar surface area (TPSA) is 32.7 Å². The van der Waals surface area contributed by atoms with Gasteiger partial charge in [0.05, 0.1) is 12.2 Å². The molecule has 1 aromatic carbocycles. The third kappa shape index (κ3) is 1.39. The fraction of sp³-hybridized carbons (Fsp3) is 0.200. The van der Waals surface area contributed by atoms with Gasteiger partial charge in [-0.2, -0.15) is 0 Å². The minimum atomic E-state index is -0.351. The predicted octanol–water partition coefficient (Wildman–Crippen LogP) is 2.05. The van der Waals surface area contributed by atoms with Gasteiger partial charge in [0.25, 0.3) is 0 Å². The number of rotatable bonds is 0. The van der Waals surface area contributed by atoms with Crippen LogP contribution in [0.3, 0.4) is 0 Å². The number of ether oxygens (including phenoxy) is 1. The van der Waals surface area contributed by atoms with Crippen molar-refractivity contribution in [2.45, 2.75) is 0 Å². The van der Waals surface area contributed by atoms with Crippen LogP contribution in [0.25, 0.3) is 0 Å². The maximum absolute atomic E-state index is 12.9. The van der Waals surface area contributed by atoms with E-state index in [0.29, 0.717) is 18.1 Å². The number of anilines is 1. The van der Waals surface area contributed by atoms with Crippen LogP contribution in [0.1, 0.15) is 0 Å². The van der Waals surface area contributed by atoms with Crippen LogP contribution in [0.15, 0.2) is 30.2 Å². The van der Waals surface area contributed by atoms with Gasteiger partial charge in [-0.3, -0.25) is 0 Å². The fourth-order valence-corrected chi connectivity index (χ4v) is 1.44. The lowest BCUT2D eigenvalue weighted by Gasteiger charge is -2.28. The van der Waals surface area contributed by atoms with Crippen LogP contribution in [0.2, 0.25) is 0 Å². The van der Waals surface area contributed by atoms with Crippen LogP contribution in [0, 0.1) is 5.82 Å². The molecule has 14 heavy (non-hydrogen) atoms. The van der Waals surface area contributed by atoms with Gasteiger partial charge < -0.3 is 14.7 Å². The van der Waals surface area contributed by atoms with Gasteiger partial charge >= 0.3 is 0 Å². The molecule has 1 N–H and O–H groups in total. The highest BCUT2D eigenvalue weighted by molar-refractivity contribution is 5.61. The summed E-state index contributed by atoms with van der Waals surface area (Å²) in [6.07, 6.45) is 0.893. The van der Waals surface area contributed by atoms with Crippen molar-refractivity contribution in [2.75, 3.05) is 18.5 Å². The number of nitrogens with zero attached hydrogens (tertiary/aromatic N) is 1. The van der Waals surface area contributed by atoms with E-state index in [-0.39, 0.29) is 5.82 Å². The van der Waals surface area contributed by atoms with Gasteiger partial charge in [0.1, 0.15) is 12.1 Å². The summed E-state index contributed by atoms with van der Waals surface area (Å²) < 4.78 is 18.1. The smallest absolute Gasteiger partial charge is 0.157 e. The number of aliphatic hydroxyl groups is 1. The van der Waals surface area contributed by atoms with Crippen molar-refractivity contribution in [1.82, 2.24) is 0 Å². The second-order valence-electron chi connectivity index (χ2n) is 3.17. The standard InChI is InChI=1S/C10H10FNO2/c1-12-5-8(6-13)14-10-4-7(11)2-3-9(10)12/h2-4,6,13H,5H2,1H3/b8-6+. The van der Waals surface area contributed by atoms with Crippen LogP contribution in [0.4, 0.5) is 10.1 Å². The Kier molecular flexibility index (Phi) is 2.04. The second kappa shape index (κ2) is 3.21. The average molecular weight is 195 g/mol. The van der Waals surface area contributed by atoms with Crippen molar-refractivity contribution >= 4 is 5.69 Å². The molecule has 0 atom stereocenters. The maximum atomic E-state index is 12.9. The summed E-state index contributed by atoms with van der Waals surface area (Å²) in [5, 5.41) is 8.80. The second-order valence-corrected chi connectivity index (χ2v) is 3.17. The molecule has 0 radical (unpaired) electrons. The quantitative estimate of drug-likeness (QED) is 0.643. The van der Waals surface area contributed by atoms with E-state index in [9.17, 15) is 4.39 Å². The molecule has 4 heteroatoms. The van der Waals surface area contributed by atoms with Crippen molar-refractivity contribution in [3.8, 4) is 5.75 Å². The summed E-state index contributed by atoms with van der Waals surface area (Å²) in [7, 11) is 1.85. The Morgan fingerprint density at radius 3 is 3.07 bits per heavy atom. The van der Waals surface area contributed by atoms with E-state index in [4.69, 9.17) is 9.84 Å². The highest BCUT2D eigenvalue weighted by Crippen LogP contribution is 2.33. The Hall–Kier alpha value is -1.71. The average Bonchev–Trinajstić information content (AvgIpc) is 2.16. The van der Waals surface area contributed by atoms with Crippen molar-refractivity contribution in [1.29, 1.82) is 0 Å². The molecule has 1 aliphatic rings. The zero-order chi connectivity index (χ0) is 10.1. The molecule has 2 rings (SSSR count). The maximum Gasteiger partial charge on any atom is 0.157 e.